The Kier molecular flexibility index (Phi) is 6.48. The van der Waals surface area contributed by atoms with Crippen molar-refractivity contribution in [2.24, 2.45) is 5.92 Å². The lowest BCUT2D eigenvalue weighted by Gasteiger charge is -2.49. The van der Waals surface area contributed by atoms with E-state index in [0.29, 0.717) is 0 Å². The molecule has 0 N–H and O–H groups in total. The molecule has 6 heteroatoms. The predicted octanol–water partition coefficient (Wildman–Crippen LogP) is 4.36. The second kappa shape index (κ2) is 6.46. The van der Waals surface area contributed by atoms with Crippen LogP contribution in [0.15, 0.2) is 0 Å². The lowest BCUT2D eigenvalue weighted by atomic mass is 10.1. The van der Waals surface area contributed by atoms with Crippen LogP contribution in [0.2, 0.25) is 58.9 Å². The maximum Gasteiger partial charge on any atom is 0.309 e. The monoisotopic (exact) mass is 333 g/mol. The minimum Gasteiger partial charge on any atom is -0.519 e. The van der Waals surface area contributed by atoms with E-state index in [-0.39, 0.29) is 17.9 Å². The SMILES string of the molecule is CC(C)C(C(=O)O[Si](C)(C)C)N([Si](C)(C)C)[Si](C)(C)C. The summed E-state index contributed by atoms with van der Waals surface area (Å²) < 4.78 is 8.41. The van der Waals surface area contributed by atoms with Crippen LogP contribution in [0.5, 0.6) is 0 Å². The largest absolute Gasteiger partial charge is 0.519 e. The van der Waals surface area contributed by atoms with Gasteiger partial charge in [-0.05, 0) is 25.6 Å². The first-order valence-electron chi connectivity index (χ1n) is 7.59. The van der Waals surface area contributed by atoms with Crippen LogP contribution in [-0.2, 0) is 9.22 Å². The van der Waals surface area contributed by atoms with Crippen molar-refractivity contribution in [3.05, 3.63) is 0 Å². The third kappa shape index (κ3) is 6.24. The van der Waals surface area contributed by atoms with Crippen LogP contribution in [0.1, 0.15) is 13.8 Å². The molecule has 0 heterocycles. The van der Waals surface area contributed by atoms with Crippen LogP contribution in [0.25, 0.3) is 0 Å². The van der Waals surface area contributed by atoms with Crippen LogP contribution >= 0.6 is 0 Å². The fourth-order valence-corrected chi connectivity index (χ4v) is 14.1. The molecule has 0 aromatic rings. The minimum atomic E-state index is -1.84. The molecule has 0 aromatic heterocycles. The average Bonchev–Trinajstić information content (AvgIpc) is 2.05. The maximum atomic E-state index is 12.8. The molecule has 20 heavy (non-hydrogen) atoms. The normalized spacial score (nSPS) is 15.7. The number of rotatable bonds is 6. The zero-order valence-electron chi connectivity index (χ0n) is 15.4. The highest BCUT2D eigenvalue weighted by atomic mass is 28.4. The van der Waals surface area contributed by atoms with Crippen molar-refractivity contribution < 1.29 is 9.22 Å². The lowest BCUT2D eigenvalue weighted by molar-refractivity contribution is -0.140. The first-order chi connectivity index (χ1) is 8.57. The highest BCUT2D eigenvalue weighted by Crippen LogP contribution is 2.28. The molecule has 0 aromatic carbocycles. The van der Waals surface area contributed by atoms with Gasteiger partial charge >= 0.3 is 5.97 Å². The first kappa shape index (κ1) is 20.1. The number of carbonyl (C=O) groups excluding carboxylic acids is 1. The standard InChI is InChI=1S/C14H35NO2Si3/c1-12(2)13(14(16)17-20(9,10)11)15(18(3,4)5)19(6,7)8/h12-13H,1-11H3. The Morgan fingerprint density at radius 1 is 0.850 bits per heavy atom. The van der Waals surface area contributed by atoms with Gasteiger partial charge in [-0.15, -0.1) is 0 Å². The van der Waals surface area contributed by atoms with Crippen molar-refractivity contribution in [2.75, 3.05) is 0 Å². The van der Waals surface area contributed by atoms with Gasteiger partial charge < -0.3 is 8.66 Å². The Morgan fingerprint density at radius 2 is 1.20 bits per heavy atom. The minimum absolute atomic E-state index is 0.00372. The fourth-order valence-electron chi connectivity index (χ4n) is 2.88. The quantitative estimate of drug-likeness (QED) is 0.676. The number of nitrogens with zero attached hydrogens (tertiary/aromatic N) is 1. The summed E-state index contributed by atoms with van der Waals surface area (Å²) >= 11 is 0. The van der Waals surface area contributed by atoms with E-state index in [1.165, 1.54) is 0 Å². The van der Waals surface area contributed by atoms with E-state index in [2.05, 4.69) is 77.0 Å². The third-order valence-corrected chi connectivity index (χ3v) is 11.3. The molecule has 0 aliphatic rings. The van der Waals surface area contributed by atoms with Crippen LogP contribution in [0.4, 0.5) is 0 Å². The zero-order chi connectivity index (χ0) is 16.5. The summed E-state index contributed by atoms with van der Waals surface area (Å²) in [5.41, 5.74) is 0. The lowest BCUT2D eigenvalue weighted by Crippen LogP contribution is -2.67. The molecule has 0 saturated heterocycles. The summed E-state index contributed by atoms with van der Waals surface area (Å²) in [6, 6.07) is -0.0833. The Bertz CT molecular complexity index is 324. The second-order valence-corrected chi connectivity index (χ2v) is 23.5. The Labute approximate surface area is 129 Å². The highest BCUT2D eigenvalue weighted by molar-refractivity contribution is 6.89. The van der Waals surface area contributed by atoms with E-state index in [4.69, 9.17) is 4.43 Å². The van der Waals surface area contributed by atoms with E-state index in [1.54, 1.807) is 0 Å². The molecule has 0 fully saturated rings. The summed E-state index contributed by atoms with van der Waals surface area (Å²) in [7, 11) is -4.99. The molecule has 0 radical (unpaired) electrons. The van der Waals surface area contributed by atoms with Gasteiger partial charge in [-0.25, -0.2) is 0 Å². The molecule has 0 saturated carbocycles. The van der Waals surface area contributed by atoms with Gasteiger partial charge in [0.2, 0.25) is 8.32 Å². The number of hydrogen-bond donors (Lipinski definition) is 0. The van der Waals surface area contributed by atoms with E-state index in [1.807, 2.05) is 0 Å². The van der Waals surface area contributed by atoms with Crippen molar-refractivity contribution in [3.8, 4) is 0 Å². The van der Waals surface area contributed by atoms with Crippen LogP contribution in [0.3, 0.4) is 0 Å². The van der Waals surface area contributed by atoms with Crippen molar-refractivity contribution in [3.63, 3.8) is 0 Å². The van der Waals surface area contributed by atoms with E-state index >= 15 is 0 Å². The molecular formula is C14H35NO2Si3. The molecule has 0 bridgehead atoms. The molecule has 0 rings (SSSR count). The summed E-state index contributed by atoms with van der Waals surface area (Å²) in [4.78, 5) is 12.8. The molecule has 1 atom stereocenters. The Morgan fingerprint density at radius 3 is 1.40 bits per heavy atom. The van der Waals surface area contributed by atoms with E-state index in [0.717, 1.165) is 0 Å². The first-order valence-corrected chi connectivity index (χ1v) is 17.9. The highest BCUT2D eigenvalue weighted by Gasteiger charge is 2.44. The van der Waals surface area contributed by atoms with Gasteiger partial charge in [0.15, 0.2) is 0 Å². The maximum absolute atomic E-state index is 12.8. The third-order valence-electron chi connectivity index (χ3n) is 3.00. The second-order valence-electron chi connectivity index (χ2n) is 8.93. The topological polar surface area (TPSA) is 29.5 Å². The molecule has 0 spiro atoms. The molecule has 0 aliphatic carbocycles. The Balaban J connectivity index is 5.59. The zero-order valence-corrected chi connectivity index (χ0v) is 18.4. The van der Waals surface area contributed by atoms with E-state index < -0.39 is 24.8 Å². The fraction of sp³-hybridized carbons (Fsp3) is 0.929. The van der Waals surface area contributed by atoms with E-state index in [9.17, 15) is 4.79 Å². The molecule has 120 valence electrons. The smallest absolute Gasteiger partial charge is 0.309 e. The van der Waals surface area contributed by atoms with Crippen molar-refractivity contribution in [1.29, 1.82) is 0 Å². The summed E-state index contributed by atoms with van der Waals surface area (Å²) in [6.45, 7) is 24.5. The van der Waals surface area contributed by atoms with Crippen molar-refractivity contribution >= 4 is 30.8 Å². The molecule has 0 amide bonds. The molecular weight excluding hydrogens is 298 g/mol. The van der Waals surface area contributed by atoms with Gasteiger partial charge in [0.1, 0.15) is 16.5 Å². The Hall–Kier alpha value is 0.0806. The van der Waals surface area contributed by atoms with Gasteiger partial charge in [-0.2, -0.15) is 0 Å². The predicted molar refractivity (Wildman–Crippen MR) is 96.6 cm³/mol. The number of carbonyl (C=O) groups is 1. The van der Waals surface area contributed by atoms with Crippen LogP contribution in [0, 0.1) is 5.92 Å². The van der Waals surface area contributed by atoms with Gasteiger partial charge in [0.05, 0.1) is 6.04 Å². The average molecular weight is 334 g/mol. The van der Waals surface area contributed by atoms with Gasteiger partial charge in [0, 0.05) is 0 Å². The summed E-state index contributed by atoms with van der Waals surface area (Å²) in [5, 5.41) is 0. The van der Waals surface area contributed by atoms with Crippen LogP contribution < -0.4 is 0 Å². The van der Waals surface area contributed by atoms with Gasteiger partial charge in [0.25, 0.3) is 0 Å². The van der Waals surface area contributed by atoms with Gasteiger partial charge in [-0.3, -0.25) is 4.79 Å². The van der Waals surface area contributed by atoms with Crippen molar-refractivity contribution in [1.82, 2.24) is 4.23 Å². The molecule has 1 unspecified atom stereocenters. The summed E-state index contributed by atoms with van der Waals surface area (Å²) in [5.74, 6) is 0.293. The van der Waals surface area contributed by atoms with Crippen LogP contribution in [-0.4, -0.2) is 41.0 Å². The van der Waals surface area contributed by atoms with Crippen molar-refractivity contribution in [2.45, 2.75) is 78.8 Å². The summed E-state index contributed by atoms with van der Waals surface area (Å²) in [6.07, 6.45) is 0. The molecule has 0 aliphatic heterocycles. The molecule has 3 nitrogen and oxygen atoms in total. The number of hydrogen-bond acceptors (Lipinski definition) is 3. The van der Waals surface area contributed by atoms with Gasteiger partial charge in [-0.1, -0.05) is 53.1 Å².